The minimum Gasteiger partial charge on any atom is -0.490 e. The molecule has 1 N–H and O–H groups in total. The first-order chi connectivity index (χ1) is 11.5. The molecule has 0 fully saturated rings. The van der Waals surface area contributed by atoms with Gasteiger partial charge in [0.05, 0.1) is 12.6 Å². The molecule has 24 heavy (non-hydrogen) atoms. The fraction of sp³-hybridized carbons (Fsp3) is 0.471. The van der Waals surface area contributed by atoms with E-state index in [1.54, 1.807) is 6.07 Å². The molecule has 1 aromatic heterocycles. The highest BCUT2D eigenvalue weighted by Gasteiger charge is 2.25. The second kappa shape index (κ2) is 6.59. The van der Waals surface area contributed by atoms with Crippen LogP contribution in [0, 0.1) is 5.82 Å². The smallest absolute Gasteiger partial charge is 0.229 e. The van der Waals surface area contributed by atoms with E-state index in [1.807, 2.05) is 38.9 Å². The van der Waals surface area contributed by atoms with Gasteiger partial charge in [0.2, 0.25) is 11.9 Å². The van der Waals surface area contributed by atoms with Gasteiger partial charge in [0.15, 0.2) is 11.6 Å². The lowest BCUT2D eigenvalue weighted by Gasteiger charge is -2.27. The first kappa shape index (κ1) is 16.4. The van der Waals surface area contributed by atoms with E-state index < -0.39 is 0 Å². The summed E-state index contributed by atoms with van der Waals surface area (Å²) in [5, 5.41) is 3.32. The van der Waals surface area contributed by atoms with Crippen LogP contribution >= 0.6 is 0 Å². The van der Waals surface area contributed by atoms with Crippen LogP contribution in [0.25, 0.3) is 0 Å². The van der Waals surface area contributed by atoms with Crippen molar-refractivity contribution >= 4 is 11.9 Å². The molecule has 0 saturated heterocycles. The molecule has 0 unspecified atom stereocenters. The standard InChI is InChI=1S/C17H22FN5O/c1-10(2)15-20-16(22-17(21-15)23(3)4)19-13-8-9-24-14-11(13)6-5-7-12(14)18/h5-7,10,13H,8-9H2,1-4H3,(H,19,20,21,22)/t13-/m0/s1. The van der Waals surface area contributed by atoms with E-state index in [0.29, 0.717) is 24.3 Å². The van der Waals surface area contributed by atoms with E-state index in [1.165, 1.54) is 6.07 Å². The number of ether oxygens (including phenoxy) is 1. The van der Waals surface area contributed by atoms with Crippen molar-refractivity contribution in [2.75, 3.05) is 30.9 Å². The molecule has 1 aliphatic heterocycles. The van der Waals surface area contributed by atoms with Gasteiger partial charge in [0.25, 0.3) is 0 Å². The number of hydrogen-bond acceptors (Lipinski definition) is 6. The van der Waals surface area contributed by atoms with E-state index >= 15 is 0 Å². The minimum atomic E-state index is -0.341. The van der Waals surface area contributed by atoms with Crippen molar-refractivity contribution in [2.24, 2.45) is 0 Å². The molecule has 2 heterocycles. The Morgan fingerprint density at radius 3 is 2.75 bits per heavy atom. The van der Waals surface area contributed by atoms with Crippen LogP contribution in [-0.4, -0.2) is 35.7 Å². The molecule has 1 atom stereocenters. The molecule has 1 aliphatic rings. The third-order valence-corrected chi connectivity index (χ3v) is 3.89. The van der Waals surface area contributed by atoms with Gasteiger partial charge < -0.3 is 15.0 Å². The summed E-state index contributed by atoms with van der Waals surface area (Å²) in [5.74, 6) is 1.98. The van der Waals surface area contributed by atoms with E-state index in [9.17, 15) is 4.39 Å². The van der Waals surface area contributed by atoms with Gasteiger partial charge in [-0.05, 0) is 6.07 Å². The molecule has 2 aromatic rings. The monoisotopic (exact) mass is 331 g/mol. The number of nitrogens with one attached hydrogen (secondary N) is 1. The summed E-state index contributed by atoms with van der Waals surface area (Å²) in [6, 6.07) is 4.87. The fourth-order valence-electron chi connectivity index (χ4n) is 2.60. The van der Waals surface area contributed by atoms with Crippen molar-refractivity contribution in [3.05, 3.63) is 35.4 Å². The van der Waals surface area contributed by atoms with Crippen LogP contribution in [0.15, 0.2) is 18.2 Å². The van der Waals surface area contributed by atoms with Gasteiger partial charge in [-0.25, -0.2) is 4.39 Å². The molecule has 0 aliphatic carbocycles. The average molecular weight is 331 g/mol. The Hall–Kier alpha value is -2.44. The van der Waals surface area contributed by atoms with E-state index in [4.69, 9.17) is 4.74 Å². The predicted octanol–water partition coefficient (Wildman–Crippen LogP) is 3.14. The SMILES string of the molecule is CC(C)c1nc(N[C@H]2CCOc3c(F)cccc32)nc(N(C)C)n1. The van der Waals surface area contributed by atoms with Crippen molar-refractivity contribution in [3.63, 3.8) is 0 Å². The quantitative estimate of drug-likeness (QED) is 0.929. The number of fused-ring (bicyclic) bond motifs is 1. The van der Waals surface area contributed by atoms with Gasteiger partial charge in [0.1, 0.15) is 5.82 Å². The van der Waals surface area contributed by atoms with Crippen molar-refractivity contribution in [1.29, 1.82) is 0 Å². The molecule has 0 amide bonds. The van der Waals surface area contributed by atoms with Crippen molar-refractivity contribution in [1.82, 2.24) is 15.0 Å². The van der Waals surface area contributed by atoms with E-state index in [-0.39, 0.29) is 17.8 Å². The van der Waals surface area contributed by atoms with Crippen LogP contribution in [0.4, 0.5) is 16.3 Å². The first-order valence-corrected chi connectivity index (χ1v) is 8.06. The lowest BCUT2D eigenvalue weighted by molar-refractivity contribution is 0.260. The topological polar surface area (TPSA) is 63.2 Å². The maximum Gasteiger partial charge on any atom is 0.229 e. The normalized spacial score (nSPS) is 16.5. The van der Waals surface area contributed by atoms with Gasteiger partial charge in [-0.3, -0.25) is 0 Å². The van der Waals surface area contributed by atoms with Crippen molar-refractivity contribution in [3.8, 4) is 5.75 Å². The number of hydrogen-bond donors (Lipinski definition) is 1. The molecule has 1 aromatic carbocycles. The summed E-state index contributed by atoms with van der Waals surface area (Å²) >= 11 is 0. The van der Waals surface area contributed by atoms with Gasteiger partial charge in [-0.15, -0.1) is 0 Å². The summed E-state index contributed by atoms with van der Waals surface area (Å²) in [7, 11) is 3.78. The summed E-state index contributed by atoms with van der Waals surface area (Å²) in [4.78, 5) is 15.3. The number of halogens is 1. The van der Waals surface area contributed by atoms with Gasteiger partial charge >= 0.3 is 0 Å². The van der Waals surface area contributed by atoms with Gasteiger partial charge in [-0.2, -0.15) is 15.0 Å². The summed E-state index contributed by atoms with van der Waals surface area (Å²) < 4.78 is 19.4. The molecular weight excluding hydrogens is 309 g/mol. The minimum absolute atomic E-state index is 0.0955. The number of anilines is 2. The molecular formula is C17H22FN5O. The van der Waals surface area contributed by atoms with Crippen LogP contribution < -0.4 is 15.0 Å². The summed E-state index contributed by atoms with van der Waals surface area (Å²) in [5.41, 5.74) is 0.791. The molecule has 0 spiro atoms. The first-order valence-electron chi connectivity index (χ1n) is 8.06. The summed E-state index contributed by atoms with van der Waals surface area (Å²) in [6.45, 7) is 4.53. The molecule has 3 rings (SSSR count). The van der Waals surface area contributed by atoms with Crippen LogP contribution in [0.3, 0.4) is 0 Å². The molecule has 6 nitrogen and oxygen atoms in total. The highest BCUT2D eigenvalue weighted by atomic mass is 19.1. The van der Waals surface area contributed by atoms with Gasteiger partial charge in [-0.1, -0.05) is 26.0 Å². The average Bonchev–Trinajstić information content (AvgIpc) is 2.55. The largest absolute Gasteiger partial charge is 0.490 e. The number of nitrogens with zero attached hydrogens (tertiary/aromatic N) is 4. The lowest BCUT2D eigenvalue weighted by Crippen LogP contribution is -2.23. The number of para-hydroxylation sites is 1. The second-order valence-electron chi connectivity index (χ2n) is 6.36. The Morgan fingerprint density at radius 2 is 2.04 bits per heavy atom. The maximum absolute atomic E-state index is 13.9. The Labute approximate surface area is 141 Å². The fourth-order valence-corrected chi connectivity index (χ4v) is 2.60. The second-order valence-corrected chi connectivity index (χ2v) is 6.36. The summed E-state index contributed by atoms with van der Waals surface area (Å²) in [6.07, 6.45) is 0.719. The Morgan fingerprint density at radius 1 is 1.25 bits per heavy atom. The highest BCUT2D eigenvalue weighted by Crippen LogP contribution is 2.35. The Balaban J connectivity index is 1.94. The van der Waals surface area contributed by atoms with Crippen molar-refractivity contribution < 1.29 is 9.13 Å². The third kappa shape index (κ3) is 3.25. The third-order valence-electron chi connectivity index (χ3n) is 3.89. The van der Waals surface area contributed by atoms with Gasteiger partial charge in [0, 0.05) is 32.0 Å². The highest BCUT2D eigenvalue weighted by molar-refractivity contribution is 5.44. The predicted molar refractivity (Wildman–Crippen MR) is 91.1 cm³/mol. The van der Waals surface area contributed by atoms with Crippen LogP contribution in [0.2, 0.25) is 0 Å². The number of rotatable bonds is 4. The molecule has 0 saturated carbocycles. The van der Waals surface area contributed by atoms with E-state index in [2.05, 4.69) is 20.3 Å². The lowest BCUT2D eigenvalue weighted by atomic mass is 10.0. The zero-order valence-corrected chi connectivity index (χ0v) is 14.4. The number of aromatic nitrogens is 3. The van der Waals surface area contributed by atoms with Crippen LogP contribution in [0.5, 0.6) is 5.75 Å². The van der Waals surface area contributed by atoms with Crippen molar-refractivity contribution in [2.45, 2.75) is 32.2 Å². The maximum atomic E-state index is 13.9. The molecule has 0 radical (unpaired) electrons. The molecule has 0 bridgehead atoms. The Bertz CT molecular complexity index is 709. The number of benzene rings is 1. The molecule has 7 heteroatoms. The van der Waals surface area contributed by atoms with Crippen LogP contribution in [-0.2, 0) is 0 Å². The Kier molecular flexibility index (Phi) is 4.51. The van der Waals surface area contributed by atoms with Crippen LogP contribution in [0.1, 0.15) is 43.6 Å². The zero-order chi connectivity index (χ0) is 17.3. The zero-order valence-electron chi connectivity index (χ0n) is 14.4. The molecule has 128 valence electrons. The van der Waals surface area contributed by atoms with E-state index in [0.717, 1.165) is 17.8 Å².